The quantitative estimate of drug-likeness (QED) is 0.453. The second-order valence-corrected chi connectivity index (χ2v) is 8.59. The maximum atomic E-state index is 12.1. The van der Waals surface area contributed by atoms with Crippen molar-refractivity contribution in [2.45, 2.75) is 38.8 Å². The summed E-state index contributed by atoms with van der Waals surface area (Å²) in [4.78, 5) is 36.8. The van der Waals surface area contributed by atoms with E-state index < -0.39 is 0 Å². The molecule has 33 heavy (non-hydrogen) atoms. The van der Waals surface area contributed by atoms with Gasteiger partial charge in [0.05, 0.1) is 29.0 Å². The Morgan fingerprint density at radius 3 is 2.58 bits per heavy atom. The first kappa shape index (κ1) is 22.9. The zero-order valence-electron chi connectivity index (χ0n) is 19.4. The highest BCUT2D eigenvalue weighted by Crippen LogP contribution is 2.27. The molecule has 1 aliphatic heterocycles. The number of nitrogens with zero attached hydrogens (tertiary/aromatic N) is 4. The number of aromatic nitrogens is 1. The molecule has 2 aliphatic rings. The SMILES string of the molecule is CCC(C=O)=Nc1ccc(CN2CCN(c3ccc(C(=O)NC4CC4)nc3)CC2)cc1NC. The van der Waals surface area contributed by atoms with Gasteiger partial charge in [-0.25, -0.2) is 9.98 Å². The van der Waals surface area contributed by atoms with Gasteiger partial charge in [0.25, 0.3) is 5.91 Å². The van der Waals surface area contributed by atoms with E-state index in [0.717, 1.165) is 68.9 Å². The second kappa shape index (κ2) is 10.6. The minimum Gasteiger partial charge on any atom is -0.386 e. The topological polar surface area (TPSA) is 89.9 Å². The van der Waals surface area contributed by atoms with Gasteiger partial charge in [-0.05, 0) is 49.1 Å². The molecule has 0 unspecified atom stereocenters. The smallest absolute Gasteiger partial charge is 0.270 e. The number of aliphatic imine (C=N–C) groups is 1. The molecule has 0 bridgehead atoms. The van der Waals surface area contributed by atoms with E-state index >= 15 is 0 Å². The standard InChI is InChI=1S/C25H32N6O2/c1-3-19(17-32)28-22-8-4-18(14-24(22)26-2)16-30-10-12-31(13-11-30)21-7-9-23(27-15-21)25(33)29-20-5-6-20/h4,7-9,14-15,17,20,26H,3,5-6,10-13,16H2,1-2H3,(H,29,33). The molecule has 2 N–H and O–H groups in total. The van der Waals surface area contributed by atoms with Gasteiger partial charge in [0.1, 0.15) is 5.69 Å². The van der Waals surface area contributed by atoms with Crippen LogP contribution in [-0.4, -0.2) is 67.1 Å². The van der Waals surface area contributed by atoms with E-state index in [4.69, 9.17) is 0 Å². The molecule has 8 nitrogen and oxygen atoms in total. The number of piperazine rings is 1. The number of nitrogens with one attached hydrogen (secondary N) is 2. The number of carbonyl (C=O) groups excluding carboxylic acids is 2. The summed E-state index contributed by atoms with van der Waals surface area (Å²) in [5.41, 5.74) is 5.01. The minimum atomic E-state index is -0.0800. The number of benzene rings is 1. The van der Waals surface area contributed by atoms with Crippen LogP contribution in [0.2, 0.25) is 0 Å². The lowest BCUT2D eigenvalue weighted by Crippen LogP contribution is -2.46. The summed E-state index contributed by atoms with van der Waals surface area (Å²) in [7, 11) is 1.87. The van der Waals surface area contributed by atoms with Gasteiger partial charge in [-0.2, -0.15) is 0 Å². The molecule has 1 aliphatic carbocycles. The van der Waals surface area contributed by atoms with E-state index in [9.17, 15) is 9.59 Å². The first-order chi connectivity index (χ1) is 16.1. The van der Waals surface area contributed by atoms with Crippen molar-refractivity contribution in [3.8, 4) is 0 Å². The molecular weight excluding hydrogens is 416 g/mol. The van der Waals surface area contributed by atoms with E-state index in [1.165, 1.54) is 5.56 Å². The zero-order chi connectivity index (χ0) is 23.2. The van der Waals surface area contributed by atoms with Crippen molar-refractivity contribution in [3.63, 3.8) is 0 Å². The van der Waals surface area contributed by atoms with Gasteiger partial charge in [-0.3, -0.25) is 14.5 Å². The summed E-state index contributed by atoms with van der Waals surface area (Å²) in [6, 6.07) is 10.3. The molecule has 8 heteroatoms. The number of hydrogen-bond donors (Lipinski definition) is 2. The summed E-state index contributed by atoms with van der Waals surface area (Å²) in [5.74, 6) is -0.0800. The molecule has 0 spiro atoms. The third kappa shape index (κ3) is 5.96. The highest BCUT2D eigenvalue weighted by Gasteiger charge is 2.24. The Hall–Kier alpha value is -3.26. The number of pyridine rings is 1. The third-order valence-corrected chi connectivity index (χ3v) is 6.13. The fraction of sp³-hybridized carbons (Fsp3) is 0.440. The average molecular weight is 449 g/mol. The maximum Gasteiger partial charge on any atom is 0.270 e. The number of amides is 1. The number of aldehydes is 1. The number of anilines is 2. The maximum absolute atomic E-state index is 12.1. The van der Waals surface area contributed by atoms with Crippen LogP contribution >= 0.6 is 0 Å². The lowest BCUT2D eigenvalue weighted by Gasteiger charge is -2.36. The van der Waals surface area contributed by atoms with Gasteiger partial charge in [0.2, 0.25) is 0 Å². The summed E-state index contributed by atoms with van der Waals surface area (Å²) in [6.45, 7) is 6.51. The lowest BCUT2D eigenvalue weighted by atomic mass is 10.1. The highest BCUT2D eigenvalue weighted by molar-refractivity contribution is 6.28. The van der Waals surface area contributed by atoms with Gasteiger partial charge >= 0.3 is 0 Å². The van der Waals surface area contributed by atoms with E-state index in [2.05, 4.69) is 42.5 Å². The lowest BCUT2D eigenvalue weighted by molar-refractivity contribution is -0.102. The van der Waals surface area contributed by atoms with Crippen molar-refractivity contribution >= 4 is 35.0 Å². The van der Waals surface area contributed by atoms with Crippen LogP contribution in [-0.2, 0) is 11.3 Å². The number of carbonyl (C=O) groups is 2. The van der Waals surface area contributed by atoms with E-state index in [-0.39, 0.29) is 5.91 Å². The Morgan fingerprint density at radius 2 is 1.97 bits per heavy atom. The van der Waals surface area contributed by atoms with Gasteiger partial charge in [-0.15, -0.1) is 0 Å². The Balaban J connectivity index is 1.32. The molecule has 4 rings (SSSR count). The van der Waals surface area contributed by atoms with Crippen LogP contribution < -0.4 is 15.5 Å². The Bertz CT molecular complexity index is 1010. The van der Waals surface area contributed by atoms with Crippen molar-refractivity contribution in [2.75, 3.05) is 43.4 Å². The van der Waals surface area contributed by atoms with Crippen molar-refractivity contribution in [1.29, 1.82) is 0 Å². The van der Waals surface area contributed by atoms with Crippen LogP contribution in [0.3, 0.4) is 0 Å². The second-order valence-electron chi connectivity index (χ2n) is 8.59. The molecule has 0 atom stereocenters. The minimum absolute atomic E-state index is 0.0800. The zero-order valence-corrected chi connectivity index (χ0v) is 19.4. The van der Waals surface area contributed by atoms with Crippen molar-refractivity contribution < 1.29 is 9.59 Å². The van der Waals surface area contributed by atoms with Crippen LogP contribution in [0.25, 0.3) is 0 Å². The van der Waals surface area contributed by atoms with Crippen LogP contribution in [0.1, 0.15) is 42.2 Å². The molecular formula is C25H32N6O2. The molecule has 0 radical (unpaired) electrons. The molecule has 2 aromatic rings. The molecule has 2 fully saturated rings. The average Bonchev–Trinajstić information content (AvgIpc) is 3.67. The highest BCUT2D eigenvalue weighted by atomic mass is 16.2. The molecule has 1 aromatic carbocycles. The predicted molar refractivity (Wildman–Crippen MR) is 132 cm³/mol. The van der Waals surface area contributed by atoms with Crippen LogP contribution in [0.15, 0.2) is 41.5 Å². The number of hydrogen-bond acceptors (Lipinski definition) is 7. The first-order valence-corrected chi connectivity index (χ1v) is 11.7. The van der Waals surface area contributed by atoms with Crippen molar-refractivity contribution in [2.24, 2.45) is 4.99 Å². The van der Waals surface area contributed by atoms with Gasteiger partial charge in [0, 0.05) is 45.8 Å². The Kier molecular flexibility index (Phi) is 7.34. The predicted octanol–water partition coefficient (Wildman–Crippen LogP) is 3.02. The molecule has 1 aromatic heterocycles. The first-order valence-electron chi connectivity index (χ1n) is 11.7. The molecule has 174 valence electrons. The number of rotatable bonds is 9. The van der Waals surface area contributed by atoms with Crippen LogP contribution in [0.4, 0.5) is 17.1 Å². The Labute approximate surface area is 195 Å². The van der Waals surface area contributed by atoms with Crippen molar-refractivity contribution in [1.82, 2.24) is 15.2 Å². The van der Waals surface area contributed by atoms with Gasteiger partial charge in [0.15, 0.2) is 6.29 Å². The van der Waals surface area contributed by atoms with Gasteiger partial charge < -0.3 is 15.5 Å². The largest absolute Gasteiger partial charge is 0.386 e. The monoisotopic (exact) mass is 448 g/mol. The molecule has 1 amide bonds. The van der Waals surface area contributed by atoms with E-state index in [0.29, 0.717) is 23.9 Å². The molecule has 2 heterocycles. The fourth-order valence-corrected chi connectivity index (χ4v) is 3.94. The van der Waals surface area contributed by atoms with Crippen molar-refractivity contribution in [3.05, 3.63) is 47.8 Å². The summed E-state index contributed by atoms with van der Waals surface area (Å²) < 4.78 is 0. The molecule has 1 saturated heterocycles. The van der Waals surface area contributed by atoms with Crippen LogP contribution in [0.5, 0.6) is 0 Å². The summed E-state index contributed by atoms with van der Waals surface area (Å²) in [6.07, 6.45) is 5.38. The summed E-state index contributed by atoms with van der Waals surface area (Å²) >= 11 is 0. The third-order valence-electron chi connectivity index (χ3n) is 6.13. The fourth-order valence-electron chi connectivity index (χ4n) is 3.94. The van der Waals surface area contributed by atoms with E-state index in [1.54, 1.807) is 6.20 Å². The Morgan fingerprint density at radius 1 is 1.18 bits per heavy atom. The van der Waals surface area contributed by atoms with Gasteiger partial charge in [-0.1, -0.05) is 13.0 Å². The summed E-state index contributed by atoms with van der Waals surface area (Å²) in [5, 5.41) is 6.17. The normalized spacial score (nSPS) is 17.0. The molecule has 1 saturated carbocycles. The van der Waals surface area contributed by atoms with Crippen LogP contribution in [0, 0.1) is 0 Å². The van der Waals surface area contributed by atoms with E-state index in [1.807, 2.05) is 32.2 Å².